The van der Waals surface area contributed by atoms with Crippen LogP contribution in [0.1, 0.15) is 36.1 Å². The molecule has 1 aromatic rings. The molecule has 1 aromatic carbocycles. The van der Waals surface area contributed by atoms with Gasteiger partial charge in [0.15, 0.2) is 0 Å². The van der Waals surface area contributed by atoms with Gasteiger partial charge in [0.05, 0.1) is 18.6 Å². The van der Waals surface area contributed by atoms with Crippen LogP contribution in [0.4, 0.5) is 0 Å². The van der Waals surface area contributed by atoms with Crippen molar-refractivity contribution in [3.8, 4) is 0 Å². The number of benzene rings is 1. The highest BCUT2D eigenvalue weighted by molar-refractivity contribution is 5.44. The topological polar surface area (TPSA) is 21.3 Å². The lowest BCUT2D eigenvalue weighted by Gasteiger charge is -2.44. The molecule has 2 nitrogen and oxygen atoms in total. The molecule has 2 heteroatoms. The van der Waals surface area contributed by atoms with Crippen molar-refractivity contribution in [3.63, 3.8) is 0 Å². The minimum atomic E-state index is 0.187. The van der Waals surface area contributed by atoms with E-state index in [-0.39, 0.29) is 5.41 Å². The number of hydrogen-bond acceptors (Lipinski definition) is 2. The highest BCUT2D eigenvalue weighted by atomic mass is 16.5. The van der Waals surface area contributed by atoms with Crippen molar-refractivity contribution in [2.24, 2.45) is 0 Å². The van der Waals surface area contributed by atoms with Crippen LogP contribution < -0.4 is 5.32 Å². The fourth-order valence-electron chi connectivity index (χ4n) is 3.10. The minimum Gasteiger partial charge on any atom is -0.379 e. The van der Waals surface area contributed by atoms with Gasteiger partial charge in [-0.05, 0) is 37.5 Å². The Hall–Kier alpha value is -0.860. The molecule has 0 saturated carbocycles. The smallest absolute Gasteiger partial charge is 0.0598 e. The van der Waals surface area contributed by atoms with E-state index in [2.05, 4.69) is 52.1 Å². The minimum absolute atomic E-state index is 0.187. The van der Waals surface area contributed by atoms with Crippen LogP contribution in [0, 0.1) is 20.8 Å². The number of ether oxygens (including phenoxy) is 1. The monoisotopic (exact) mass is 247 g/mol. The molecule has 0 bridgehead atoms. The largest absolute Gasteiger partial charge is 0.379 e. The van der Waals surface area contributed by atoms with Crippen LogP contribution in [0.3, 0.4) is 0 Å². The van der Waals surface area contributed by atoms with E-state index < -0.39 is 0 Å². The predicted molar refractivity (Wildman–Crippen MR) is 76.3 cm³/mol. The van der Waals surface area contributed by atoms with Gasteiger partial charge >= 0.3 is 0 Å². The number of hydrogen-bond donors (Lipinski definition) is 1. The first kappa shape index (κ1) is 13.6. The first-order valence-corrected chi connectivity index (χ1v) is 6.84. The van der Waals surface area contributed by atoms with Crippen molar-refractivity contribution in [1.29, 1.82) is 0 Å². The van der Waals surface area contributed by atoms with Gasteiger partial charge in [0.25, 0.3) is 0 Å². The van der Waals surface area contributed by atoms with Gasteiger partial charge in [0, 0.05) is 12.6 Å². The summed E-state index contributed by atoms with van der Waals surface area (Å²) in [5.41, 5.74) is 5.84. The molecular weight excluding hydrogens is 222 g/mol. The van der Waals surface area contributed by atoms with Gasteiger partial charge in [-0.25, -0.2) is 0 Å². The third-order valence-corrected chi connectivity index (χ3v) is 3.81. The summed E-state index contributed by atoms with van der Waals surface area (Å²) in [5.74, 6) is 0. The Kier molecular flexibility index (Phi) is 3.79. The summed E-state index contributed by atoms with van der Waals surface area (Å²) in [5, 5.41) is 3.58. The molecule has 1 fully saturated rings. The molecule has 18 heavy (non-hydrogen) atoms. The van der Waals surface area contributed by atoms with E-state index in [1.807, 2.05) is 0 Å². The van der Waals surface area contributed by atoms with Crippen LogP contribution >= 0.6 is 0 Å². The van der Waals surface area contributed by atoms with Crippen molar-refractivity contribution in [1.82, 2.24) is 5.32 Å². The summed E-state index contributed by atoms with van der Waals surface area (Å²) in [6.45, 7) is 13.7. The summed E-state index contributed by atoms with van der Waals surface area (Å²) in [4.78, 5) is 0. The van der Waals surface area contributed by atoms with E-state index in [0.717, 1.165) is 19.8 Å². The van der Waals surface area contributed by atoms with E-state index in [9.17, 15) is 0 Å². The average Bonchev–Trinajstić information content (AvgIpc) is 2.18. The first-order valence-electron chi connectivity index (χ1n) is 6.84. The van der Waals surface area contributed by atoms with Crippen molar-refractivity contribution >= 4 is 0 Å². The van der Waals surface area contributed by atoms with Gasteiger partial charge in [-0.15, -0.1) is 0 Å². The van der Waals surface area contributed by atoms with E-state index >= 15 is 0 Å². The lowest BCUT2D eigenvalue weighted by molar-refractivity contribution is -0.0602. The summed E-state index contributed by atoms with van der Waals surface area (Å²) in [6.07, 6.45) is 0. The molecule has 1 saturated heterocycles. The zero-order chi connectivity index (χ0) is 13.3. The zero-order valence-electron chi connectivity index (χ0n) is 12.3. The molecule has 0 aliphatic carbocycles. The molecule has 1 N–H and O–H groups in total. The third kappa shape index (κ3) is 2.45. The Morgan fingerprint density at radius 3 is 2.11 bits per heavy atom. The van der Waals surface area contributed by atoms with E-state index in [0.29, 0.717) is 6.04 Å². The van der Waals surface area contributed by atoms with Crippen molar-refractivity contribution in [2.45, 2.75) is 46.1 Å². The Labute approximate surface area is 111 Å². The van der Waals surface area contributed by atoms with Gasteiger partial charge in [0.2, 0.25) is 0 Å². The van der Waals surface area contributed by atoms with Gasteiger partial charge in [-0.2, -0.15) is 0 Å². The fraction of sp³-hybridized carbons (Fsp3) is 0.625. The molecule has 0 atom stereocenters. The normalized spacial score (nSPS) is 17.9. The van der Waals surface area contributed by atoms with Crippen molar-refractivity contribution in [3.05, 3.63) is 34.4 Å². The summed E-state index contributed by atoms with van der Waals surface area (Å²) in [6, 6.07) is 5.10. The molecule has 1 heterocycles. The van der Waals surface area contributed by atoms with Crippen molar-refractivity contribution in [2.75, 3.05) is 19.8 Å². The Bertz CT molecular complexity index is 410. The van der Waals surface area contributed by atoms with Crippen molar-refractivity contribution < 1.29 is 4.74 Å². The SMILES string of the molecule is Cc1cc(C)c(C2(CNC(C)C)COC2)c(C)c1. The summed E-state index contributed by atoms with van der Waals surface area (Å²) in [7, 11) is 0. The molecule has 0 amide bonds. The molecule has 2 rings (SSSR count). The Balaban J connectivity index is 2.33. The molecule has 100 valence electrons. The fourth-order valence-corrected chi connectivity index (χ4v) is 3.10. The Morgan fingerprint density at radius 2 is 1.72 bits per heavy atom. The maximum absolute atomic E-state index is 5.53. The molecule has 1 aliphatic rings. The van der Waals surface area contributed by atoms with Gasteiger partial charge < -0.3 is 10.1 Å². The van der Waals surface area contributed by atoms with Crippen LogP contribution in [-0.2, 0) is 10.2 Å². The second-order valence-electron chi connectivity index (χ2n) is 6.08. The maximum Gasteiger partial charge on any atom is 0.0598 e. The maximum atomic E-state index is 5.53. The zero-order valence-corrected chi connectivity index (χ0v) is 12.3. The third-order valence-electron chi connectivity index (χ3n) is 3.81. The standard InChI is InChI=1S/C16H25NO/c1-11(2)17-8-16(9-18-10-16)15-13(4)6-12(3)7-14(15)5/h6-7,11,17H,8-10H2,1-5H3. The summed E-state index contributed by atoms with van der Waals surface area (Å²) < 4.78 is 5.53. The lowest BCUT2D eigenvalue weighted by atomic mass is 9.74. The molecule has 1 aliphatic heterocycles. The average molecular weight is 247 g/mol. The first-order chi connectivity index (χ1) is 8.44. The predicted octanol–water partition coefficient (Wildman–Crippen LogP) is 2.88. The van der Waals surface area contributed by atoms with E-state index in [4.69, 9.17) is 4.74 Å². The van der Waals surface area contributed by atoms with Crippen LogP contribution in [0.15, 0.2) is 12.1 Å². The number of aryl methyl sites for hydroxylation is 3. The van der Waals surface area contributed by atoms with Gasteiger partial charge in [-0.3, -0.25) is 0 Å². The highest BCUT2D eigenvalue weighted by Crippen LogP contribution is 2.36. The number of rotatable bonds is 4. The van der Waals surface area contributed by atoms with Crippen LogP contribution in [-0.4, -0.2) is 25.8 Å². The Morgan fingerprint density at radius 1 is 1.17 bits per heavy atom. The molecule has 0 unspecified atom stereocenters. The number of nitrogens with one attached hydrogen (secondary N) is 1. The second-order valence-corrected chi connectivity index (χ2v) is 6.08. The van der Waals surface area contributed by atoms with Crippen LogP contribution in [0.25, 0.3) is 0 Å². The van der Waals surface area contributed by atoms with Crippen LogP contribution in [0.2, 0.25) is 0 Å². The highest BCUT2D eigenvalue weighted by Gasteiger charge is 2.42. The van der Waals surface area contributed by atoms with Gasteiger partial charge in [-0.1, -0.05) is 31.5 Å². The lowest BCUT2D eigenvalue weighted by Crippen LogP contribution is -2.55. The van der Waals surface area contributed by atoms with E-state index in [1.54, 1.807) is 0 Å². The molecule has 0 aromatic heterocycles. The van der Waals surface area contributed by atoms with E-state index in [1.165, 1.54) is 22.3 Å². The molecule has 0 radical (unpaired) electrons. The molecular formula is C16H25NO. The quantitative estimate of drug-likeness (QED) is 0.883. The summed E-state index contributed by atoms with van der Waals surface area (Å²) >= 11 is 0. The molecule has 0 spiro atoms. The van der Waals surface area contributed by atoms with Crippen LogP contribution in [0.5, 0.6) is 0 Å². The van der Waals surface area contributed by atoms with Gasteiger partial charge in [0.1, 0.15) is 0 Å². The second kappa shape index (κ2) is 5.02.